The zero-order valence-corrected chi connectivity index (χ0v) is 16.8. The van der Waals surface area contributed by atoms with Gasteiger partial charge in [0.05, 0.1) is 11.6 Å². The average Bonchev–Trinajstić information content (AvgIpc) is 3.23. The Balaban J connectivity index is 1.73. The van der Waals surface area contributed by atoms with Gasteiger partial charge in [0.2, 0.25) is 4.96 Å². The number of esters is 1. The SMILES string of the molecule is COc1cc(C=c2sc3nc(-c4ccc(C)cc4)nn3c2=O)ccc1OC(C)=O. The summed E-state index contributed by atoms with van der Waals surface area (Å²) < 4.78 is 12.2. The van der Waals surface area contributed by atoms with Crippen molar-refractivity contribution in [2.45, 2.75) is 13.8 Å². The minimum atomic E-state index is -0.434. The molecule has 4 aromatic rings. The van der Waals surface area contributed by atoms with Crippen LogP contribution in [0.1, 0.15) is 18.1 Å². The number of methoxy groups -OCH3 is 1. The van der Waals surface area contributed by atoms with Crippen LogP contribution >= 0.6 is 11.3 Å². The molecule has 0 atom stereocenters. The lowest BCUT2D eigenvalue weighted by Crippen LogP contribution is -2.23. The van der Waals surface area contributed by atoms with Crippen molar-refractivity contribution < 1.29 is 14.3 Å². The zero-order chi connectivity index (χ0) is 20.5. The van der Waals surface area contributed by atoms with Crippen LogP contribution in [0.5, 0.6) is 11.5 Å². The van der Waals surface area contributed by atoms with Gasteiger partial charge in [-0.1, -0.05) is 47.2 Å². The number of nitrogens with zero attached hydrogens (tertiary/aromatic N) is 3. The third-order valence-electron chi connectivity index (χ3n) is 4.23. The van der Waals surface area contributed by atoms with Gasteiger partial charge < -0.3 is 9.47 Å². The van der Waals surface area contributed by atoms with Crippen LogP contribution in [-0.4, -0.2) is 27.7 Å². The molecule has 0 aliphatic rings. The van der Waals surface area contributed by atoms with E-state index in [1.807, 2.05) is 31.2 Å². The van der Waals surface area contributed by atoms with Crippen molar-refractivity contribution in [2.75, 3.05) is 7.11 Å². The van der Waals surface area contributed by atoms with E-state index in [-0.39, 0.29) is 5.56 Å². The second kappa shape index (κ2) is 7.48. The lowest BCUT2D eigenvalue weighted by atomic mass is 10.1. The van der Waals surface area contributed by atoms with E-state index in [0.717, 1.165) is 16.7 Å². The molecule has 0 bridgehead atoms. The number of carbonyl (C=O) groups excluding carboxylic acids is 1. The molecule has 0 fully saturated rings. The first kappa shape index (κ1) is 18.8. The first-order valence-corrected chi connectivity index (χ1v) is 9.61. The number of aromatic nitrogens is 3. The summed E-state index contributed by atoms with van der Waals surface area (Å²) in [5.41, 5.74) is 2.51. The monoisotopic (exact) mass is 407 g/mol. The maximum Gasteiger partial charge on any atom is 0.308 e. The van der Waals surface area contributed by atoms with E-state index in [2.05, 4.69) is 10.1 Å². The van der Waals surface area contributed by atoms with E-state index < -0.39 is 5.97 Å². The minimum absolute atomic E-state index is 0.237. The van der Waals surface area contributed by atoms with Gasteiger partial charge in [0, 0.05) is 12.5 Å². The molecular formula is C21H17N3O4S. The van der Waals surface area contributed by atoms with Crippen molar-refractivity contribution in [3.05, 3.63) is 68.5 Å². The fourth-order valence-electron chi connectivity index (χ4n) is 2.82. The molecular weight excluding hydrogens is 390 g/mol. The number of ether oxygens (including phenoxy) is 2. The van der Waals surface area contributed by atoms with Crippen LogP contribution in [0.25, 0.3) is 22.4 Å². The number of hydrogen-bond acceptors (Lipinski definition) is 7. The predicted octanol–water partition coefficient (Wildman–Crippen LogP) is 2.61. The Hall–Kier alpha value is -3.52. The summed E-state index contributed by atoms with van der Waals surface area (Å²) >= 11 is 1.26. The van der Waals surface area contributed by atoms with Crippen molar-refractivity contribution >= 4 is 28.3 Å². The van der Waals surface area contributed by atoms with Crippen LogP contribution < -0.4 is 19.6 Å². The standard InChI is InChI=1S/C21H17N3O4S/c1-12-4-7-15(8-5-12)19-22-21-24(23-19)20(26)18(29-21)11-14-6-9-16(28-13(2)25)17(10-14)27-3/h4-11H,1-3H3. The minimum Gasteiger partial charge on any atom is -0.493 e. The normalized spacial score (nSPS) is 11.8. The van der Waals surface area contributed by atoms with Gasteiger partial charge in [-0.05, 0) is 30.7 Å². The number of aryl methyl sites for hydroxylation is 1. The van der Waals surface area contributed by atoms with Crippen LogP contribution in [0.4, 0.5) is 0 Å². The number of benzene rings is 2. The third kappa shape index (κ3) is 3.74. The first-order valence-electron chi connectivity index (χ1n) is 8.79. The van der Waals surface area contributed by atoms with Gasteiger partial charge >= 0.3 is 5.97 Å². The number of rotatable bonds is 4. The Morgan fingerprint density at radius 2 is 1.90 bits per heavy atom. The highest BCUT2D eigenvalue weighted by Gasteiger charge is 2.12. The summed E-state index contributed by atoms with van der Waals surface area (Å²) in [6, 6.07) is 12.9. The molecule has 7 nitrogen and oxygen atoms in total. The fourth-order valence-corrected chi connectivity index (χ4v) is 3.73. The summed E-state index contributed by atoms with van der Waals surface area (Å²) in [6.45, 7) is 3.33. The molecule has 0 aliphatic heterocycles. The first-order chi connectivity index (χ1) is 13.9. The lowest BCUT2D eigenvalue weighted by Gasteiger charge is -2.08. The van der Waals surface area contributed by atoms with Crippen molar-refractivity contribution in [3.8, 4) is 22.9 Å². The molecule has 2 aromatic heterocycles. The summed E-state index contributed by atoms with van der Waals surface area (Å²) in [6.07, 6.45) is 1.73. The molecule has 4 rings (SSSR count). The molecule has 2 heterocycles. The fraction of sp³-hybridized carbons (Fsp3) is 0.143. The number of fused-ring (bicyclic) bond motifs is 1. The van der Waals surface area contributed by atoms with E-state index in [9.17, 15) is 9.59 Å². The van der Waals surface area contributed by atoms with Crippen LogP contribution in [0.3, 0.4) is 0 Å². The van der Waals surface area contributed by atoms with Gasteiger partial charge in [-0.15, -0.1) is 5.10 Å². The second-order valence-electron chi connectivity index (χ2n) is 6.42. The van der Waals surface area contributed by atoms with E-state index in [0.29, 0.717) is 26.8 Å². The highest BCUT2D eigenvalue weighted by Crippen LogP contribution is 2.28. The Labute approximate surface area is 169 Å². The van der Waals surface area contributed by atoms with Crippen LogP contribution in [-0.2, 0) is 4.79 Å². The van der Waals surface area contributed by atoms with Crippen LogP contribution in [0, 0.1) is 6.92 Å². The highest BCUT2D eigenvalue weighted by molar-refractivity contribution is 7.15. The Bertz CT molecular complexity index is 1320. The quantitative estimate of drug-likeness (QED) is 0.382. The van der Waals surface area contributed by atoms with Gasteiger partial charge in [-0.2, -0.15) is 9.50 Å². The van der Waals surface area contributed by atoms with Gasteiger partial charge in [-0.3, -0.25) is 9.59 Å². The van der Waals surface area contributed by atoms with E-state index >= 15 is 0 Å². The Morgan fingerprint density at radius 3 is 2.55 bits per heavy atom. The molecule has 0 saturated heterocycles. The van der Waals surface area contributed by atoms with Gasteiger partial charge in [0.25, 0.3) is 5.56 Å². The molecule has 0 aliphatic carbocycles. The van der Waals surface area contributed by atoms with Crippen molar-refractivity contribution in [1.29, 1.82) is 0 Å². The van der Waals surface area contributed by atoms with Crippen molar-refractivity contribution in [1.82, 2.24) is 14.6 Å². The van der Waals surface area contributed by atoms with E-state index in [1.54, 1.807) is 24.3 Å². The summed E-state index contributed by atoms with van der Waals surface area (Å²) in [5.74, 6) is 0.816. The maximum atomic E-state index is 12.7. The van der Waals surface area contributed by atoms with Crippen LogP contribution in [0.15, 0.2) is 47.3 Å². The molecule has 0 N–H and O–H groups in total. The molecule has 0 radical (unpaired) electrons. The van der Waals surface area contributed by atoms with E-state index in [4.69, 9.17) is 9.47 Å². The average molecular weight is 407 g/mol. The maximum absolute atomic E-state index is 12.7. The largest absolute Gasteiger partial charge is 0.493 e. The topological polar surface area (TPSA) is 82.8 Å². The van der Waals surface area contributed by atoms with Crippen molar-refractivity contribution in [2.24, 2.45) is 0 Å². The number of hydrogen-bond donors (Lipinski definition) is 0. The Morgan fingerprint density at radius 1 is 1.14 bits per heavy atom. The molecule has 0 amide bonds. The lowest BCUT2D eigenvalue weighted by molar-refractivity contribution is -0.132. The molecule has 146 valence electrons. The summed E-state index contributed by atoms with van der Waals surface area (Å²) in [7, 11) is 1.49. The van der Waals surface area contributed by atoms with Gasteiger partial charge in [0.15, 0.2) is 17.3 Å². The third-order valence-corrected chi connectivity index (χ3v) is 5.19. The van der Waals surface area contributed by atoms with Gasteiger partial charge in [-0.25, -0.2) is 0 Å². The molecule has 29 heavy (non-hydrogen) atoms. The summed E-state index contributed by atoms with van der Waals surface area (Å²) in [5, 5.41) is 4.36. The number of carbonyl (C=O) groups is 1. The molecule has 8 heteroatoms. The zero-order valence-electron chi connectivity index (χ0n) is 16.0. The molecule has 2 aromatic carbocycles. The van der Waals surface area contributed by atoms with E-state index in [1.165, 1.54) is 29.9 Å². The Kier molecular flexibility index (Phi) is 4.85. The van der Waals surface area contributed by atoms with Gasteiger partial charge in [0.1, 0.15) is 0 Å². The second-order valence-corrected chi connectivity index (χ2v) is 7.42. The predicted molar refractivity (Wildman–Crippen MR) is 110 cm³/mol. The van der Waals surface area contributed by atoms with Crippen LogP contribution in [0.2, 0.25) is 0 Å². The smallest absolute Gasteiger partial charge is 0.308 e. The molecule has 0 spiro atoms. The van der Waals surface area contributed by atoms with Crippen molar-refractivity contribution in [3.63, 3.8) is 0 Å². The summed E-state index contributed by atoms with van der Waals surface area (Å²) in [4.78, 5) is 28.9. The molecule has 0 saturated carbocycles. The molecule has 0 unspecified atom stereocenters. The number of thiazole rings is 1. The highest BCUT2D eigenvalue weighted by atomic mass is 32.1.